The van der Waals surface area contributed by atoms with Crippen LogP contribution in [0.15, 0.2) is 35.1 Å². The summed E-state index contributed by atoms with van der Waals surface area (Å²) < 4.78 is 1.50. The summed E-state index contributed by atoms with van der Waals surface area (Å²) >= 11 is 0. The molecule has 0 fully saturated rings. The Bertz CT molecular complexity index is 711. The molecule has 0 radical (unpaired) electrons. The highest BCUT2D eigenvalue weighted by atomic mass is 16.3. The quantitative estimate of drug-likeness (QED) is 0.567. The van der Waals surface area contributed by atoms with E-state index in [1.165, 1.54) is 4.40 Å². The topological polar surface area (TPSA) is 70.4 Å². The van der Waals surface area contributed by atoms with Crippen molar-refractivity contribution < 1.29 is 5.11 Å². The molecule has 15 heavy (non-hydrogen) atoms. The van der Waals surface area contributed by atoms with Crippen LogP contribution in [0.3, 0.4) is 0 Å². The van der Waals surface area contributed by atoms with Crippen LogP contribution in [0, 0.1) is 0 Å². The van der Waals surface area contributed by atoms with Crippen LogP contribution in [0.25, 0.3) is 16.8 Å². The first kappa shape index (κ1) is 8.05. The Balaban J connectivity index is 2.67. The van der Waals surface area contributed by atoms with Gasteiger partial charge in [-0.05, 0) is 12.1 Å². The van der Waals surface area contributed by atoms with Crippen molar-refractivity contribution in [3.8, 4) is 5.88 Å². The lowest BCUT2D eigenvalue weighted by Gasteiger charge is -1.97. The van der Waals surface area contributed by atoms with Crippen molar-refractivity contribution in [2.24, 2.45) is 0 Å². The Hall–Kier alpha value is -2.30. The number of nitrogens with one attached hydrogen (secondary N) is 1. The normalized spacial score (nSPS) is 11.2. The first-order valence-corrected chi connectivity index (χ1v) is 4.45. The lowest BCUT2D eigenvalue weighted by Crippen LogP contribution is -2.06. The van der Waals surface area contributed by atoms with Crippen molar-refractivity contribution >= 4 is 16.8 Å². The van der Waals surface area contributed by atoms with Gasteiger partial charge in [-0.2, -0.15) is 0 Å². The molecule has 74 valence electrons. The lowest BCUT2D eigenvalue weighted by atomic mass is 10.3. The first-order chi connectivity index (χ1) is 7.25. The van der Waals surface area contributed by atoms with E-state index in [4.69, 9.17) is 0 Å². The number of hydrogen-bond donors (Lipinski definition) is 2. The Kier molecular flexibility index (Phi) is 1.39. The van der Waals surface area contributed by atoms with Gasteiger partial charge in [0.1, 0.15) is 0 Å². The predicted octanol–water partition coefficient (Wildman–Crippen LogP) is 0.881. The number of fused-ring (bicyclic) bond motifs is 3. The van der Waals surface area contributed by atoms with Crippen LogP contribution < -0.4 is 5.56 Å². The Labute approximate surface area is 83.6 Å². The predicted molar refractivity (Wildman–Crippen MR) is 55.0 cm³/mol. The standard InChI is InChI=1S/C10H7N3O2/c14-8-5-9(15)13-7-4-2-1-3-6(7)11-10(13)12-8/h1-5,15H,(H,11,12,14). The van der Waals surface area contributed by atoms with E-state index in [2.05, 4.69) is 9.97 Å². The van der Waals surface area contributed by atoms with Gasteiger partial charge in [-0.3, -0.25) is 9.78 Å². The molecule has 0 bridgehead atoms. The highest BCUT2D eigenvalue weighted by Crippen LogP contribution is 2.18. The number of aromatic nitrogens is 3. The van der Waals surface area contributed by atoms with Gasteiger partial charge >= 0.3 is 0 Å². The third-order valence-electron chi connectivity index (χ3n) is 2.29. The minimum absolute atomic E-state index is 0.109. The molecule has 2 N–H and O–H groups in total. The van der Waals surface area contributed by atoms with E-state index in [-0.39, 0.29) is 11.4 Å². The van der Waals surface area contributed by atoms with Gasteiger partial charge in [-0.25, -0.2) is 9.38 Å². The average Bonchev–Trinajstić information content (AvgIpc) is 2.54. The second kappa shape index (κ2) is 2.60. The first-order valence-electron chi connectivity index (χ1n) is 4.45. The van der Waals surface area contributed by atoms with Gasteiger partial charge in [-0.15, -0.1) is 0 Å². The molecule has 1 aromatic carbocycles. The molecule has 0 aliphatic rings. The molecule has 2 heterocycles. The number of aromatic amines is 1. The molecule has 2 aromatic heterocycles. The van der Waals surface area contributed by atoms with Gasteiger partial charge in [0.05, 0.1) is 17.1 Å². The summed E-state index contributed by atoms with van der Waals surface area (Å²) in [5, 5.41) is 9.64. The summed E-state index contributed by atoms with van der Waals surface area (Å²) in [4.78, 5) is 17.9. The fourth-order valence-corrected chi connectivity index (χ4v) is 1.67. The van der Waals surface area contributed by atoms with Crippen molar-refractivity contribution in [3.05, 3.63) is 40.7 Å². The van der Waals surface area contributed by atoms with E-state index in [1.807, 2.05) is 24.3 Å². The van der Waals surface area contributed by atoms with E-state index in [0.717, 1.165) is 17.1 Å². The maximum atomic E-state index is 11.1. The van der Waals surface area contributed by atoms with Crippen molar-refractivity contribution in [1.29, 1.82) is 0 Å². The number of hydrogen-bond acceptors (Lipinski definition) is 3. The molecule has 0 spiro atoms. The van der Waals surface area contributed by atoms with Gasteiger partial charge in [-0.1, -0.05) is 12.1 Å². The Morgan fingerprint density at radius 2 is 2.13 bits per heavy atom. The molecule has 0 saturated heterocycles. The molecule has 5 heteroatoms. The van der Waals surface area contributed by atoms with Gasteiger partial charge in [0.15, 0.2) is 0 Å². The fourth-order valence-electron chi connectivity index (χ4n) is 1.67. The summed E-state index contributed by atoms with van der Waals surface area (Å²) in [5.74, 6) is 0.239. The van der Waals surface area contributed by atoms with E-state index in [0.29, 0.717) is 5.78 Å². The molecule has 0 atom stereocenters. The van der Waals surface area contributed by atoms with Crippen molar-refractivity contribution in [1.82, 2.24) is 14.4 Å². The third kappa shape index (κ3) is 1.03. The zero-order valence-corrected chi connectivity index (χ0v) is 7.64. The van der Waals surface area contributed by atoms with Gasteiger partial charge in [0.25, 0.3) is 5.56 Å². The van der Waals surface area contributed by atoms with Crippen LogP contribution in [0.4, 0.5) is 0 Å². The molecular weight excluding hydrogens is 194 g/mol. The van der Waals surface area contributed by atoms with Gasteiger partial charge in [0.2, 0.25) is 11.7 Å². The van der Waals surface area contributed by atoms with Crippen molar-refractivity contribution in [2.75, 3.05) is 0 Å². The number of nitrogens with zero attached hydrogens (tertiary/aromatic N) is 2. The van der Waals surface area contributed by atoms with Crippen LogP contribution in [0.2, 0.25) is 0 Å². The number of benzene rings is 1. The molecule has 5 nitrogen and oxygen atoms in total. The minimum Gasteiger partial charge on any atom is -0.494 e. The SMILES string of the molecule is O=c1cc(O)n2c(nc3ccccc32)[nH]1. The second-order valence-electron chi connectivity index (χ2n) is 3.25. The molecular formula is C10H7N3O2. The highest BCUT2D eigenvalue weighted by Gasteiger charge is 2.07. The maximum absolute atomic E-state index is 11.1. The van der Waals surface area contributed by atoms with E-state index in [9.17, 15) is 9.90 Å². The molecule has 0 aliphatic carbocycles. The van der Waals surface area contributed by atoms with Crippen molar-refractivity contribution in [3.63, 3.8) is 0 Å². The van der Waals surface area contributed by atoms with Crippen LogP contribution in [0.5, 0.6) is 5.88 Å². The lowest BCUT2D eigenvalue weighted by molar-refractivity contribution is 0.446. The largest absolute Gasteiger partial charge is 0.494 e. The number of aromatic hydroxyl groups is 1. The summed E-state index contributed by atoms with van der Waals surface area (Å²) in [6.07, 6.45) is 0. The number of rotatable bonds is 0. The van der Waals surface area contributed by atoms with Crippen LogP contribution >= 0.6 is 0 Å². The molecule has 3 aromatic rings. The molecule has 0 aliphatic heterocycles. The fraction of sp³-hybridized carbons (Fsp3) is 0. The highest BCUT2D eigenvalue weighted by molar-refractivity contribution is 5.79. The van der Waals surface area contributed by atoms with Crippen LogP contribution in [0.1, 0.15) is 0 Å². The summed E-state index contributed by atoms with van der Waals surface area (Å²) in [6, 6.07) is 8.47. The Morgan fingerprint density at radius 3 is 3.00 bits per heavy atom. The Morgan fingerprint density at radius 1 is 1.33 bits per heavy atom. The van der Waals surface area contributed by atoms with Gasteiger partial charge < -0.3 is 5.11 Å². The average molecular weight is 201 g/mol. The number of imidazole rings is 1. The molecule has 0 unspecified atom stereocenters. The van der Waals surface area contributed by atoms with Crippen LogP contribution in [-0.2, 0) is 0 Å². The number of para-hydroxylation sites is 2. The summed E-state index contributed by atoms with van der Waals surface area (Å²) in [6.45, 7) is 0. The molecule has 0 saturated carbocycles. The minimum atomic E-state index is -0.365. The third-order valence-corrected chi connectivity index (χ3v) is 2.29. The zero-order valence-electron chi connectivity index (χ0n) is 7.64. The summed E-state index contributed by atoms with van der Waals surface area (Å²) in [7, 11) is 0. The zero-order chi connectivity index (χ0) is 10.4. The second-order valence-corrected chi connectivity index (χ2v) is 3.25. The maximum Gasteiger partial charge on any atom is 0.256 e. The smallest absolute Gasteiger partial charge is 0.256 e. The molecule has 0 amide bonds. The van der Waals surface area contributed by atoms with Gasteiger partial charge in [0, 0.05) is 0 Å². The molecule has 3 rings (SSSR count). The summed E-state index contributed by atoms with van der Waals surface area (Å²) in [5.41, 5.74) is 1.13. The number of H-pyrrole nitrogens is 1. The van der Waals surface area contributed by atoms with Crippen molar-refractivity contribution in [2.45, 2.75) is 0 Å². The van der Waals surface area contributed by atoms with E-state index >= 15 is 0 Å². The monoisotopic (exact) mass is 201 g/mol. The van der Waals surface area contributed by atoms with Crippen LogP contribution in [-0.4, -0.2) is 19.5 Å². The van der Waals surface area contributed by atoms with E-state index < -0.39 is 0 Å². The van der Waals surface area contributed by atoms with E-state index in [1.54, 1.807) is 0 Å².